The van der Waals surface area contributed by atoms with Gasteiger partial charge in [-0.2, -0.15) is 0 Å². The normalized spacial score (nSPS) is 46.7. The Bertz CT molecular complexity index is 836. The number of hydrogen-bond donors (Lipinski definition) is 2. The zero-order valence-electron chi connectivity index (χ0n) is 20.7. The number of ether oxygens (including phenoxy) is 2. The van der Waals surface area contributed by atoms with Crippen LogP contribution in [0.3, 0.4) is 0 Å². The highest BCUT2D eigenvalue weighted by atomic mass is 32.7. The zero-order chi connectivity index (χ0) is 25.7. The summed E-state index contributed by atoms with van der Waals surface area (Å²) in [7, 11) is 4.77. The van der Waals surface area contributed by atoms with Crippen LogP contribution in [0.5, 0.6) is 0 Å². The standard InChI is InChI=1S/C18H35B2O9P2S2Si/c1-10-14-12(26-17(10)20-19)8-23-31(22,33)28-15-11(2)25-13(9-24-30(21,32)27-14)16(15)29-34(6,7)18(3,4)5/h10-17H,8-9H2,1-7H3,(H,21,32)(H,22,33)/t10-,11+,12-,13-,14+,15+,16-,17-,30?,31?/m1/s1. The fourth-order valence-corrected chi connectivity index (χ4v) is 8.35. The quantitative estimate of drug-likeness (QED) is 0.298. The van der Waals surface area contributed by atoms with Gasteiger partial charge in [0.25, 0.3) is 0 Å². The maximum atomic E-state index is 13.2. The summed E-state index contributed by atoms with van der Waals surface area (Å²) in [6.45, 7) is 6.35. The molecule has 3 aliphatic heterocycles. The molecule has 3 aliphatic rings. The van der Waals surface area contributed by atoms with Crippen LogP contribution < -0.4 is 0 Å². The minimum atomic E-state index is -3.83. The lowest BCUT2D eigenvalue weighted by Gasteiger charge is -2.40. The second-order valence-corrected chi connectivity index (χ2v) is 21.0. The van der Waals surface area contributed by atoms with Crippen LogP contribution in [0.2, 0.25) is 18.1 Å². The summed E-state index contributed by atoms with van der Waals surface area (Å²) in [4.78, 5) is 10.9. The molecule has 2 unspecified atom stereocenters. The summed E-state index contributed by atoms with van der Waals surface area (Å²) in [6, 6.07) is -0.473. The number of rotatable bonds is 3. The molecule has 0 aromatic heterocycles. The summed E-state index contributed by atoms with van der Waals surface area (Å²) in [5, 5.41) is -0.100. The van der Waals surface area contributed by atoms with Gasteiger partial charge >= 0.3 is 13.5 Å². The topological polar surface area (TPSA) is 102 Å². The fourth-order valence-electron chi connectivity index (χ4n) is 4.00. The van der Waals surface area contributed by atoms with E-state index >= 15 is 0 Å². The van der Waals surface area contributed by atoms with Crippen LogP contribution in [0.15, 0.2) is 0 Å². The Morgan fingerprint density at radius 2 is 1.74 bits per heavy atom. The van der Waals surface area contributed by atoms with E-state index in [9.17, 15) is 9.46 Å². The summed E-state index contributed by atoms with van der Waals surface area (Å²) >= 11 is 9.52. The molecule has 1 N–H and O–H groups in total. The Labute approximate surface area is 216 Å². The molecule has 10 atom stereocenters. The highest BCUT2D eigenvalue weighted by Gasteiger charge is 2.52. The van der Waals surface area contributed by atoms with Gasteiger partial charge in [0, 0.05) is 19.7 Å². The van der Waals surface area contributed by atoms with Gasteiger partial charge in [0.15, 0.2) is 8.32 Å². The van der Waals surface area contributed by atoms with Crippen molar-refractivity contribution in [1.82, 2.24) is 0 Å². The van der Waals surface area contributed by atoms with Crippen LogP contribution in [-0.4, -0.2) is 84.0 Å². The molecular weight excluding hydrogens is 536 g/mol. The molecule has 3 rings (SSSR count). The summed E-state index contributed by atoms with van der Waals surface area (Å²) in [5.41, 5.74) is 0. The zero-order valence-corrected chi connectivity index (χ0v) is 25.2. The first-order valence-corrected chi connectivity index (χ1v) is 19.5. The second kappa shape index (κ2) is 10.8. The highest BCUT2D eigenvalue weighted by molar-refractivity contribution is 8.44. The molecule has 193 valence electrons. The predicted octanol–water partition coefficient (Wildman–Crippen LogP) is 3.38. The van der Waals surface area contributed by atoms with Crippen LogP contribution in [0.1, 0.15) is 34.6 Å². The van der Waals surface area contributed by atoms with Crippen LogP contribution in [-0.2, 0) is 48.4 Å². The first-order chi connectivity index (χ1) is 15.5. The summed E-state index contributed by atoms with van der Waals surface area (Å²) in [6.07, 6.45) is -3.92. The molecule has 3 fully saturated rings. The van der Waals surface area contributed by atoms with Crippen molar-refractivity contribution in [3.8, 4) is 0 Å². The van der Waals surface area contributed by atoms with Crippen LogP contribution in [0.4, 0.5) is 0 Å². The van der Waals surface area contributed by atoms with Crippen molar-refractivity contribution >= 4 is 60.8 Å². The maximum absolute atomic E-state index is 13.2. The average molecular weight is 571 g/mol. The van der Waals surface area contributed by atoms with Gasteiger partial charge in [-0.15, -0.1) is 0 Å². The van der Waals surface area contributed by atoms with Crippen molar-refractivity contribution in [2.45, 2.75) is 95.4 Å². The van der Waals surface area contributed by atoms with Gasteiger partial charge in [0.1, 0.15) is 30.5 Å². The third-order valence-electron chi connectivity index (χ3n) is 7.02. The van der Waals surface area contributed by atoms with E-state index in [1.165, 1.54) is 7.17 Å². The summed E-state index contributed by atoms with van der Waals surface area (Å²) < 4.78 is 54.8. The van der Waals surface area contributed by atoms with Gasteiger partial charge in [-0.25, -0.2) is 4.57 Å². The van der Waals surface area contributed by atoms with E-state index in [-0.39, 0.29) is 24.2 Å². The number of fused-ring (bicyclic) bond motifs is 3. The first kappa shape index (κ1) is 29.8. The van der Waals surface area contributed by atoms with E-state index in [0.717, 1.165) is 0 Å². The van der Waals surface area contributed by atoms with E-state index in [1.54, 1.807) is 6.92 Å². The van der Waals surface area contributed by atoms with E-state index < -0.39 is 64.5 Å². The minimum Gasteiger partial charge on any atom is -0.408 e. The first-order valence-electron chi connectivity index (χ1n) is 11.3. The van der Waals surface area contributed by atoms with E-state index in [0.29, 0.717) is 0 Å². The molecule has 2 bridgehead atoms. The molecule has 0 saturated carbocycles. The van der Waals surface area contributed by atoms with E-state index in [1.807, 2.05) is 6.92 Å². The SMILES string of the molecule is [B][B][C@@H]1O[C@@H]2COP(O)(=S)O[C@@H]3[C@H](O[Si](C)(C)C(C)(C)C)[C@@H](COP(=O)(S)O[C@H]2[C@H]1C)O[C@H]3C. The van der Waals surface area contributed by atoms with Crippen molar-refractivity contribution in [2.24, 2.45) is 5.92 Å². The van der Waals surface area contributed by atoms with Gasteiger partial charge < -0.3 is 23.3 Å². The molecule has 0 spiro atoms. The van der Waals surface area contributed by atoms with Crippen molar-refractivity contribution in [1.29, 1.82) is 0 Å². The molecule has 0 aromatic carbocycles. The second-order valence-electron chi connectivity index (χ2n) is 10.6. The van der Waals surface area contributed by atoms with Gasteiger partial charge in [0.05, 0.1) is 26.5 Å². The predicted molar refractivity (Wildman–Crippen MR) is 140 cm³/mol. The molecule has 3 saturated heterocycles. The van der Waals surface area contributed by atoms with Crippen molar-refractivity contribution < 1.29 is 41.5 Å². The maximum Gasteiger partial charge on any atom is 0.386 e. The molecule has 9 nitrogen and oxygen atoms in total. The average Bonchev–Trinajstić information content (AvgIpc) is 3.14. The minimum absolute atomic E-state index is 0.100. The molecular formula is C18H35B2O9P2S2Si. The largest absolute Gasteiger partial charge is 0.408 e. The van der Waals surface area contributed by atoms with Gasteiger partial charge in [-0.05, 0) is 36.9 Å². The lowest BCUT2D eigenvalue weighted by Crippen LogP contribution is -2.50. The lowest BCUT2D eigenvalue weighted by atomic mass is 9.49. The van der Waals surface area contributed by atoms with Gasteiger partial charge in [0.2, 0.25) is 0 Å². The Morgan fingerprint density at radius 3 is 2.32 bits per heavy atom. The lowest BCUT2D eigenvalue weighted by molar-refractivity contribution is -0.0213. The number of hydrogen-bond acceptors (Lipinski definition) is 9. The Kier molecular flexibility index (Phi) is 9.46. The van der Waals surface area contributed by atoms with E-state index in [2.05, 4.69) is 46.1 Å². The molecule has 16 heteroatoms. The monoisotopic (exact) mass is 571 g/mol. The van der Waals surface area contributed by atoms with Crippen molar-refractivity contribution in [3.63, 3.8) is 0 Å². The summed E-state index contributed by atoms with van der Waals surface area (Å²) in [5.74, 6) is -0.271. The Balaban J connectivity index is 1.92. The Morgan fingerprint density at radius 1 is 1.12 bits per heavy atom. The van der Waals surface area contributed by atoms with Crippen LogP contribution in [0.25, 0.3) is 0 Å². The highest BCUT2D eigenvalue weighted by Crippen LogP contribution is 2.58. The third-order valence-corrected chi connectivity index (χ3v) is 14.7. The third kappa shape index (κ3) is 6.82. The smallest absolute Gasteiger partial charge is 0.386 e. The molecule has 3 radical (unpaired) electrons. The molecule has 3 heterocycles. The van der Waals surface area contributed by atoms with Gasteiger partial charge in [-0.3, -0.25) is 13.6 Å². The molecule has 0 aliphatic carbocycles. The van der Waals surface area contributed by atoms with Crippen molar-refractivity contribution in [2.75, 3.05) is 13.2 Å². The van der Waals surface area contributed by atoms with Crippen LogP contribution in [0, 0.1) is 5.92 Å². The van der Waals surface area contributed by atoms with Crippen LogP contribution >= 0.6 is 25.8 Å². The Hall–Kier alpha value is 1.26. The molecule has 0 aromatic rings. The van der Waals surface area contributed by atoms with Gasteiger partial charge in [-0.1, -0.05) is 39.9 Å². The number of thiol groups is 1. The molecule has 0 amide bonds. The van der Waals surface area contributed by atoms with Crippen molar-refractivity contribution in [3.05, 3.63) is 0 Å². The molecule has 34 heavy (non-hydrogen) atoms. The fraction of sp³-hybridized carbons (Fsp3) is 1.00. The van der Waals surface area contributed by atoms with E-state index in [4.69, 9.17) is 51.5 Å².